The van der Waals surface area contributed by atoms with E-state index in [4.69, 9.17) is 0 Å². The van der Waals surface area contributed by atoms with E-state index in [0.29, 0.717) is 6.04 Å². The van der Waals surface area contributed by atoms with Crippen LogP contribution in [0.25, 0.3) is 23.2 Å². The van der Waals surface area contributed by atoms with Crippen LogP contribution in [0, 0.1) is 0 Å². The minimum absolute atomic E-state index is 0.309. The Labute approximate surface area is 165 Å². The summed E-state index contributed by atoms with van der Waals surface area (Å²) in [6.45, 7) is 0. The van der Waals surface area contributed by atoms with Gasteiger partial charge in [-0.15, -0.1) is 0 Å². The molecule has 1 aromatic carbocycles. The molecule has 0 bridgehead atoms. The molecule has 140 valence electrons. The normalized spacial score (nSPS) is 17.9. The summed E-state index contributed by atoms with van der Waals surface area (Å²) in [5.41, 5.74) is 2.49. The predicted molar refractivity (Wildman–Crippen MR) is 117 cm³/mol. The van der Waals surface area contributed by atoms with Crippen molar-refractivity contribution in [3.63, 3.8) is 0 Å². The lowest BCUT2D eigenvalue weighted by molar-refractivity contribution is -0.634. The van der Waals surface area contributed by atoms with Crippen LogP contribution in [0.2, 0.25) is 0 Å². The smallest absolute Gasteiger partial charge is 0.236 e. The lowest BCUT2D eigenvalue weighted by Crippen LogP contribution is -2.43. The van der Waals surface area contributed by atoms with Crippen LogP contribution in [0.1, 0.15) is 19.3 Å². The molecule has 2 aliphatic carbocycles. The molecule has 0 saturated heterocycles. The van der Waals surface area contributed by atoms with Crippen LogP contribution >= 0.6 is 0 Å². The van der Waals surface area contributed by atoms with Crippen LogP contribution in [-0.2, 0) is 14.1 Å². The lowest BCUT2D eigenvalue weighted by atomic mass is 10.1. The van der Waals surface area contributed by atoms with Gasteiger partial charge < -0.3 is 0 Å². The molecule has 0 aliphatic heterocycles. The fourth-order valence-corrected chi connectivity index (χ4v) is 4.67. The molecule has 28 heavy (non-hydrogen) atoms. The van der Waals surface area contributed by atoms with E-state index in [1.165, 1.54) is 33.1 Å². The third-order valence-corrected chi connectivity index (χ3v) is 5.97. The van der Waals surface area contributed by atoms with Gasteiger partial charge in [-0.25, -0.2) is 4.57 Å². The van der Waals surface area contributed by atoms with Gasteiger partial charge in [0.25, 0.3) is 0 Å². The highest BCUT2D eigenvalue weighted by molar-refractivity contribution is 5.78. The van der Waals surface area contributed by atoms with E-state index in [9.17, 15) is 0 Å². The van der Waals surface area contributed by atoms with Gasteiger partial charge in [0.2, 0.25) is 11.5 Å². The number of fused-ring (bicyclic) bond motifs is 3. The summed E-state index contributed by atoms with van der Waals surface area (Å²) in [4.78, 5) is 2.46. The maximum absolute atomic E-state index is 2.46. The maximum Gasteiger partial charge on any atom is 0.236 e. The van der Waals surface area contributed by atoms with Gasteiger partial charge >= 0.3 is 0 Å². The minimum Gasteiger partial charge on any atom is -0.262 e. The molecule has 2 heterocycles. The van der Waals surface area contributed by atoms with E-state index in [1.807, 2.05) is 0 Å². The Morgan fingerprint density at radius 1 is 1.00 bits per heavy atom. The standard InChI is InChI=1S/C25H26N3/c1-26-23-16-10-9-15-21(23)22-17-18-24(27(2)25(22)26)28(19-11-5-3-6-12-19)20-13-7-4-8-14-20/h3-8,11-13,15-18,20H,9-10,14H2,1-2H3/q+1. The van der Waals surface area contributed by atoms with Crippen LogP contribution in [-0.4, -0.2) is 10.6 Å². The molecular formula is C25H26N3+. The number of benzene rings is 1. The largest absolute Gasteiger partial charge is 0.262 e. The van der Waals surface area contributed by atoms with Crippen LogP contribution < -0.4 is 20.0 Å². The van der Waals surface area contributed by atoms with E-state index < -0.39 is 0 Å². The summed E-state index contributed by atoms with van der Waals surface area (Å²) in [5, 5.41) is 4.07. The minimum atomic E-state index is 0.309. The van der Waals surface area contributed by atoms with Crippen LogP contribution in [0.3, 0.4) is 0 Å². The molecule has 3 nitrogen and oxygen atoms in total. The summed E-state index contributed by atoms with van der Waals surface area (Å²) in [6.07, 6.45) is 16.9. The molecule has 2 aromatic heterocycles. The van der Waals surface area contributed by atoms with Gasteiger partial charge in [0.1, 0.15) is 11.4 Å². The van der Waals surface area contributed by atoms with E-state index >= 15 is 0 Å². The fraction of sp³-hybridized carbons (Fsp3) is 0.240. The molecule has 0 amide bonds. The number of allylic oxidation sites excluding steroid dienone is 2. The number of hydrogen-bond donors (Lipinski definition) is 0. The average Bonchev–Trinajstić information content (AvgIpc) is 3.05. The van der Waals surface area contributed by atoms with Crippen molar-refractivity contribution in [1.29, 1.82) is 0 Å². The Morgan fingerprint density at radius 3 is 2.61 bits per heavy atom. The van der Waals surface area contributed by atoms with Gasteiger partial charge in [0.15, 0.2) is 0 Å². The van der Waals surface area contributed by atoms with Crippen molar-refractivity contribution < 1.29 is 4.57 Å². The molecule has 1 unspecified atom stereocenters. The van der Waals surface area contributed by atoms with Gasteiger partial charge in [0, 0.05) is 17.7 Å². The number of rotatable bonds is 3. The van der Waals surface area contributed by atoms with E-state index in [0.717, 1.165) is 19.3 Å². The second-order valence-corrected chi connectivity index (χ2v) is 7.65. The zero-order chi connectivity index (χ0) is 19.1. The summed E-state index contributed by atoms with van der Waals surface area (Å²) in [7, 11) is 4.39. The fourth-order valence-electron chi connectivity index (χ4n) is 4.67. The third-order valence-electron chi connectivity index (χ3n) is 5.97. The number of aryl methyl sites for hydroxylation is 2. The van der Waals surface area contributed by atoms with Crippen LogP contribution in [0.5, 0.6) is 0 Å². The SMILES string of the molecule is Cn1c2c(c3ccc(N(c4ccccc4)C4C=CC=CC4)[n+](C)c31)=CCCC=2. The summed E-state index contributed by atoms with van der Waals surface area (Å²) in [6, 6.07) is 15.6. The van der Waals surface area contributed by atoms with Crippen molar-refractivity contribution in [2.75, 3.05) is 4.90 Å². The molecule has 0 spiro atoms. The van der Waals surface area contributed by atoms with Gasteiger partial charge in [-0.3, -0.25) is 9.47 Å². The number of anilines is 2. The molecule has 1 atom stereocenters. The van der Waals surface area contributed by atoms with Crippen molar-refractivity contribution in [2.45, 2.75) is 25.3 Å². The molecule has 0 saturated carbocycles. The molecule has 2 aliphatic rings. The Kier molecular flexibility index (Phi) is 4.16. The summed E-state index contributed by atoms with van der Waals surface area (Å²) >= 11 is 0. The Balaban J connectivity index is 1.76. The van der Waals surface area contributed by atoms with E-state index in [1.54, 1.807) is 0 Å². The topological polar surface area (TPSA) is 12.1 Å². The van der Waals surface area contributed by atoms with Crippen molar-refractivity contribution >= 4 is 34.7 Å². The monoisotopic (exact) mass is 368 g/mol. The summed E-state index contributed by atoms with van der Waals surface area (Å²) in [5.74, 6) is 1.21. The second-order valence-electron chi connectivity index (χ2n) is 7.65. The number of nitrogens with zero attached hydrogens (tertiary/aromatic N) is 3. The number of aromatic nitrogens is 2. The Hall–Kier alpha value is -3.07. The number of para-hydroxylation sites is 1. The molecule has 0 N–H and O–H groups in total. The van der Waals surface area contributed by atoms with Gasteiger partial charge in [-0.1, -0.05) is 42.5 Å². The summed E-state index contributed by atoms with van der Waals surface area (Å²) < 4.78 is 4.71. The zero-order valence-corrected chi connectivity index (χ0v) is 16.5. The highest BCUT2D eigenvalue weighted by Gasteiger charge is 2.28. The van der Waals surface area contributed by atoms with Gasteiger partial charge in [0.05, 0.1) is 25.2 Å². The highest BCUT2D eigenvalue weighted by atomic mass is 15.3. The van der Waals surface area contributed by atoms with Gasteiger partial charge in [-0.2, -0.15) is 0 Å². The van der Waals surface area contributed by atoms with E-state index in [-0.39, 0.29) is 0 Å². The van der Waals surface area contributed by atoms with Crippen LogP contribution in [0.15, 0.2) is 66.8 Å². The van der Waals surface area contributed by atoms with Crippen molar-refractivity contribution in [3.05, 3.63) is 77.3 Å². The lowest BCUT2D eigenvalue weighted by Gasteiger charge is -2.28. The zero-order valence-electron chi connectivity index (χ0n) is 16.5. The maximum atomic E-state index is 2.46. The quantitative estimate of drug-likeness (QED) is 0.646. The van der Waals surface area contributed by atoms with Crippen LogP contribution in [0.4, 0.5) is 11.5 Å². The van der Waals surface area contributed by atoms with E-state index in [2.05, 4.69) is 107 Å². The first-order valence-electron chi connectivity index (χ1n) is 10.1. The Morgan fingerprint density at radius 2 is 1.82 bits per heavy atom. The first-order valence-corrected chi connectivity index (χ1v) is 10.1. The van der Waals surface area contributed by atoms with Crippen molar-refractivity contribution in [3.8, 4) is 0 Å². The number of hydrogen-bond acceptors (Lipinski definition) is 1. The average molecular weight is 369 g/mol. The molecule has 5 rings (SSSR count). The molecular weight excluding hydrogens is 342 g/mol. The van der Waals surface area contributed by atoms with Crippen molar-refractivity contribution in [2.24, 2.45) is 14.1 Å². The predicted octanol–water partition coefficient (Wildman–Crippen LogP) is 3.38. The molecule has 0 radical (unpaired) electrons. The van der Waals surface area contributed by atoms with Crippen molar-refractivity contribution in [1.82, 2.24) is 4.57 Å². The third kappa shape index (κ3) is 2.62. The molecule has 3 aromatic rings. The number of pyridine rings is 1. The first kappa shape index (κ1) is 17.1. The molecule has 3 heteroatoms. The molecule has 0 fully saturated rings. The van der Waals surface area contributed by atoms with Gasteiger partial charge in [-0.05, 0) is 43.2 Å². The second kappa shape index (κ2) is 6.83. The first-order chi connectivity index (χ1) is 13.8. The highest BCUT2D eigenvalue weighted by Crippen LogP contribution is 2.29. The Bertz CT molecular complexity index is 1210.